The van der Waals surface area contributed by atoms with E-state index in [2.05, 4.69) is 9.27 Å². The van der Waals surface area contributed by atoms with Crippen molar-refractivity contribution in [2.75, 3.05) is 11.5 Å². The summed E-state index contributed by atoms with van der Waals surface area (Å²) in [5, 5.41) is 0. The second-order valence-electron chi connectivity index (χ2n) is 3.35. The smallest absolute Gasteiger partial charge is 0.306 e. The van der Waals surface area contributed by atoms with E-state index in [1.54, 1.807) is 0 Å². The number of imidazole rings is 1. The van der Waals surface area contributed by atoms with Crippen molar-refractivity contribution in [3.8, 4) is 0 Å². The van der Waals surface area contributed by atoms with Gasteiger partial charge in [0.05, 0.1) is 11.9 Å². The van der Waals surface area contributed by atoms with Crippen LogP contribution in [0.2, 0.25) is 0 Å². The van der Waals surface area contributed by atoms with Crippen LogP contribution in [0.3, 0.4) is 0 Å². The molecule has 1 N–H and O–H groups in total. The van der Waals surface area contributed by atoms with E-state index in [1.165, 1.54) is 18.7 Å². The molecule has 1 aromatic rings. The minimum atomic E-state index is -3.62. The molecule has 0 amide bonds. The van der Waals surface area contributed by atoms with Crippen LogP contribution in [0.15, 0.2) is 18.7 Å². The van der Waals surface area contributed by atoms with Crippen molar-refractivity contribution in [2.24, 2.45) is 0 Å². The lowest BCUT2D eigenvalue weighted by atomic mass is 10.3. The molecule has 0 spiro atoms. The van der Waals surface area contributed by atoms with Gasteiger partial charge in [0, 0.05) is 11.9 Å². The molecule has 9 heteroatoms. The summed E-state index contributed by atoms with van der Waals surface area (Å²) >= 11 is -1.81. The van der Waals surface area contributed by atoms with Crippen molar-refractivity contribution in [3.05, 3.63) is 18.7 Å². The normalized spacial score (nSPS) is 13.5. The van der Waals surface area contributed by atoms with Crippen LogP contribution in [-0.4, -0.2) is 38.4 Å². The van der Waals surface area contributed by atoms with Gasteiger partial charge in [0.25, 0.3) is 0 Å². The highest BCUT2D eigenvalue weighted by Crippen LogP contribution is 2.01. The van der Waals surface area contributed by atoms with Gasteiger partial charge in [-0.15, -0.1) is 0 Å². The van der Waals surface area contributed by atoms with Crippen LogP contribution < -0.4 is 4.28 Å². The Bertz CT molecular complexity index is 442. The minimum absolute atomic E-state index is 0.122. The van der Waals surface area contributed by atoms with E-state index in [0.29, 0.717) is 19.3 Å². The monoisotopic (exact) mass is 282 g/mol. The summed E-state index contributed by atoms with van der Waals surface area (Å²) in [6.45, 7) is 0. The minimum Gasteiger partial charge on any atom is -0.306 e. The van der Waals surface area contributed by atoms with Gasteiger partial charge in [0.2, 0.25) is 0 Å². The molecule has 1 unspecified atom stereocenters. The van der Waals surface area contributed by atoms with Gasteiger partial charge in [-0.05, 0) is 12.8 Å². The summed E-state index contributed by atoms with van der Waals surface area (Å²) < 4.78 is 47.4. The number of unbranched alkanes of at least 4 members (excludes halogenated alkanes) is 2. The summed E-state index contributed by atoms with van der Waals surface area (Å²) in [5.74, 6) is 0.0473. The lowest BCUT2D eigenvalue weighted by molar-refractivity contribution is 0.278. The first-order chi connectivity index (χ1) is 7.99. The SMILES string of the molecule is O=S(O)CCCCCS(=O)(=O)On1ccnc1. The highest BCUT2D eigenvalue weighted by molar-refractivity contribution is 7.86. The van der Waals surface area contributed by atoms with E-state index in [1.807, 2.05) is 0 Å². The molecule has 0 bridgehead atoms. The van der Waals surface area contributed by atoms with E-state index in [-0.39, 0.29) is 11.5 Å². The molecule has 0 aliphatic carbocycles. The first-order valence-electron chi connectivity index (χ1n) is 4.98. The molecule has 0 aliphatic rings. The van der Waals surface area contributed by atoms with Crippen LogP contribution in [0.25, 0.3) is 0 Å². The van der Waals surface area contributed by atoms with Gasteiger partial charge >= 0.3 is 10.1 Å². The lowest BCUT2D eigenvalue weighted by Crippen LogP contribution is -2.21. The van der Waals surface area contributed by atoms with Gasteiger partial charge in [-0.3, -0.25) is 4.28 Å². The third kappa shape index (κ3) is 6.39. The predicted octanol–water partition coefficient (Wildman–Crippen LogP) is 0.0335. The van der Waals surface area contributed by atoms with Gasteiger partial charge in [-0.25, -0.2) is 9.19 Å². The highest BCUT2D eigenvalue weighted by Gasteiger charge is 2.12. The molecule has 1 atom stereocenters. The average Bonchev–Trinajstić information content (AvgIpc) is 2.68. The van der Waals surface area contributed by atoms with E-state index >= 15 is 0 Å². The number of hydrogen-bond acceptors (Lipinski definition) is 5. The van der Waals surface area contributed by atoms with Crippen molar-refractivity contribution in [3.63, 3.8) is 0 Å². The van der Waals surface area contributed by atoms with Gasteiger partial charge in [0.1, 0.15) is 6.33 Å². The average molecular weight is 282 g/mol. The standard InChI is InChI=1S/C8H14N2O5S2/c11-16(12)6-2-1-3-7-17(13,14)15-10-5-4-9-8-10/h4-5,8H,1-3,6-7H2,(H,11,12). The topological polar surface area (TPSA) is 98.5 Å². The van der Waals surface area contributed by atoms with Gasteiger partial charge in [0.15, 0.2) is 11.1 Å². The Morgan fingerprint density at radius 2 is 2.12 bits per heavy atom. The Kier molecular flexibility index (Phi) is 5.59. The van der Waals surface area contributed by atoms with E-state index in [9.17, 15) is 12.6 Å². The first kappa shape index (κ1) is 14.1. The van der Waals surface area contributed by atoms with Crippen molar-refractivity contribution in [1.82, 2.24) is 9.71 Å². The predicted molar refractivity (Wildman–Crippen MR) is 62.1 cm³/mol. The Labute approximate surface area is 102 Å². The third-order valence-corrected chi connectivity index (χ3v) is 3.72. The summed E-state index contributed by atoms with van der Waals surface area (Å²) in [5.41, 5.74) is 0. The second-order valence-corrected chi connectivity index (χ2v) is 6.07. The fraction of sp³-hybridized carbons (Fsp3) is 0.625. The molecule has 0 radical (unpaired) electrons. The lowest BCUT2D eigenvalue weighted by Gasteiger charge is -2.05. The molecule has 17 heavy (non-hydrogen) atoms. The Morgan fingerprint density at radius 3 is 2.71 bits per heavy atom. The second kappa shape index (κ2) is 6.72. The zero-order valence-corrected chi connectivity index (χ0v) is 10.7. The molecule has 7 nitrogen and oxygen atoms in total. The number of aromatic nitrogens is 2. The van der Waals surface area contributed by atoms with Crippen molar-refractivity contribution >= 4 is 21.2 Å². The number of rotatable bonds is 8. The van der Waals surface area contributed by atoms with Crippen LogP contribution in [0.4, 0.5) is 0 Å². The van der Waals surface area contributed by atoms with Crippen LogP contribution in [-0.2, 0) is 21.2 Å². The fourth-order valence-corrected chi connectivity index (χ4v) is 2.57. The maximum absolute atomic E-state index is 11.4. The molecular weight excluding hydrogens is 268 g/mol. The van der Waals surface area contributed by atoms with Gasteiger partial charge < -0.3 is 4.55 Å². The van der Waals surface area contributed by atoms with E-state index in [0.717, 1.165) is 4.73 Å². The van der Waals surface area contributed by atoms with Crippen molar-refractivity contribution in [1.29, 1.82) is 0 Å². The molecule has 1 rings (SSSR count). The summed E-state index contributed by atoms with van der Waals surface area (Å²) in [6.07, 6.45) is 5.52. The molecule has 0 fully saturated rings. The van der Waals surface area contributed by atoms with Crippen LogP contribution in [0.1, 0.15) is 19.3 Å². The molecule has 0 saturated carbocycles. The zero-order chi connectivity index (χ0) is 12.7. The van der Waals surface area contributed by atoms with Crippen molar-refractivity contribution < 1.29 is 21.5 Å². The summed E-state index contributed by atoms with van der Waals surface area (Å²) in [6, 6.07) is 0. The fourth-order valence-electron chi connectivity index (χ4n) is 1.14. The van der Waals surface area contributed by atoms with Crippen LogP contribution >= 0.6 is 0 Å². The summed E-state index contributed by atoms with van der Waals surface area (Å²) in [4.78, 5) is 3.65. The molecule has 98 valence electrons. The maximum atomic E-state index is 11.4. The molecule has 1 aromatic heterocycles. The molecule has 0 aromatic carbocycles. The zero-order valence-electron chi connectivity index (χ0n) is 9.06. The number of hydrogen-bond donors (Lipinski definition) is 1. The molecule has 0 aliphatic heterocycles. The maximum Gasteiger partial charge on any atom is 0.327 e. The Hall–Kier alpha value is -0.930. The van der Waals surface area contributed by atoms with Crippen LogP contribution in [0.5, 0.6) is 0 Å². The van der Waals surface area contributed by atoms with Gasteiger partial charge in [-0.2, -0.15) is 13.1 Å². The van der Waals surface area contributed by atoms with Gasteiger partial charge in [-0.1, -0.05) is 6.42 Å². The Morgan fingerprint density at radius 1 is 1.35 bits per heavy atom. The van der Waals surface area contributed by atoms with E-state index < -0.39 is 21.2 Å². The Balaban J connectivity index is 2.23. The molecular formula is C8H14N2O5S2. The van der Waals surface area contributed by atoms with E-state index in [4.69, 9.17) is 4.55 Å². The third-order valence-electron chi connectivity index (χ3n) is 1.89. The summed E-state index contributed by atoms with van der Waals surface area (Å²) in [7, 11) is -3.62. The van der Waals surface area contributed by atoms with Crippen molar-refractivity contribution in [2.45, 2.75) is 19.3 Å². The first-order valence-corrected chi connectivity index (χ1v) is 7.83. The largest absolute Gasteiger partial charge is 0.327 e. The highest BCUT2D eigenvalue weighted by atomic mass is 32.2. The molecule has 0 saturated heterocycles. The quantitative estimate of drug-likeness (QED) is 0.533. The molecule has 1 heterocycles. The number of nitrogens with zero attached hydrogens (tertiary/aromatic N) is 2. The van der Waals surface area contributed by atoms with Crippen LogP contribution in [0, 0.1) is 0 Å².